The largest absolute Gasteiger partial charge is 0.363 e. The summed E-state index contributed by atoms with van der Waals surface area (Å²) in [7, 11) is -1.58. The van der Waals surface area contributed by atoms with E-state index in [0.29, 0.717) is 35.1 Å². The fourth-order valence-corrected chi connectivity index (χ4v) is 3.62. The maximum atomic E-state index is 12.7. The van der Waals surface area contributed by atoms with E-state index < -0.39 is 11.0 Å². The molecule has 146 valence electrons. The number of H-pyrrole nitrogens is 1. The number of carbonyl (C=O) groups excluding carboxylic acids is 1. The number of hydrogen-bond donors (Lipinski definition) is 3. The molecule has 0 aliphatic carbocycles. The lowest BCUT2D eigenvalue weighted by Crippen LogP contribution is -2.18. The highest BCUT2D eigenvalue weighted by atomic mass is 35.5. The second kappa shape index (κ2) is 10.2. The molecule has 0 bridgehead atoms. The summed E-state index contributed by atoms with van der Waals surface area (Å²) in [6.07, 6.45) is 3.67. The van der Waals surface area contributed by atoms with Gasteiger partial charge in [-0.3, -0.25) is 9.52 Å². The predicted molar refractivity (Wildman–Crippen MR) is 107 cm³/mol. The van der Waals surface area contributed by atoms with Crippen molar-refractivity contribution in [2.24, 2.45) is 0 Å². The number of fused-ring (bicyclic) bond motifs is 1. The van der Waals surface area contributed by atoms with Crippen LogP contribution in [-0.4, -0.2) is 31.9 Å². The number of hydrogen-bond acceptors (Lipinski definition) is 4. The van der Waals surface area contributed by atoms with Crippen LogP contribution in [0.2, 0.25) is 5.02 Å². The van der Waals surface area contributed by atoms with Crippen LogP contribution in [0.25, 0.3) is 10.9 Å². The molecule has 3 rings (SSSR count). The van der Waals surface area contributed by atoms with Gasteiger partial charge in [0.1, 0.15) is 17.6 Å². The normalized spacial score (nSPS) is 11.4. The molecule has 3 N–H and O–H groups in total. The molecular weight excluding hydrogens is 413 g/mol. The molecular formula is C16H19Cl2N5O3S. The summed E-state index contributed by atoms with van der Waals surface area (Å²) in [4.78, 5) is 13.9. The summed E-state index contributed by atoms with van der Waals surface area (Å²) in [6.45, 7) is 4.70. The van der Waals surface area contributed by atoms with Crippen molar-refractivity contribution < 1.29 is 13.3 Å². The molecule has 11 heteroatoms. The van der Waals surface area contributed by atoms with Crippen molar-refractivity contribution >= 4 is 57.5 Å². The van der Waals surface area contributed by atoms with Gasteiger partial charge in [-0.05, 0) is 12.1 Å². The first-order valence-corrected chi connectivity index (χ1v) is 9.94. The minimum absolute atomic E-state index is 0.200. The van der Waals surface area contributed by atoms with Crippen molar-refractivity contribution in [3.8, 4) is 5.88 Å². The summed E-state index contributed by atoms with van der Waals surface area (Å²) in [5.41, 5.74) is 1.14. The third-order valence-electron chi connectivity index (χ3n) is 3.42. The second-order valence-electron chi connectivity index (χ2n) is 4.95. The first kappa shape index (κ1) is 21.1. The number of aromatic amines is 1. The van der Waals surface area contributed by atoms with Crippen LogP contribution < -0.4 is 14.3 Å². The van der Waals surface area contributed by atoms with E-state index in [1.54, 1.807) is 24.4 Å². The third-order valence-corrected chi connectivity index (χ3v) is 4.95. The van der Waals surface area contributed by atoms with E-state index in [-0.39, 0.29) is 5.88 Å². The van der Waals surface area contributed by atoms with Gasteiger partial charge in [0.2, 0.25) is 6.41 Å². The van der Waals surface area contributed by atoms with Gasteiger partial charge in [0.05, 0.1) is 17.6 Å². The molecule has 0 spiro atoms. The van der Waals surface area contributed by atoms with Gasteiger partial charge in [-0.15, -0.1) is 0 Å². The van der Waals surface area contributed by atoms with Crippen LogP contribution in [0.3, 0.4) is 0 Å². The summed E-state index contributed by atoms with van der Waals surface area (Å²) in [5, 5.41) is 7.98. The Hall–Kier alpha value is -2.23. The average molecular weight is 432 g/mol. The van der Waals surface area contributed by atoms with Crippen molar-refractivity contribution in [2.75, 3.05) is 11.3 Å². The zero-order valence-electron chi connectivity index (χ0n) is 14.7. The SMILES string of the molecule is CC.O=CNCCn1ncc(NS(=O)c2c[nH]c3cc(Cl)ccc23)c1OCl. The van der Waals surface area contributed by atoms with Crippen LogP contribution in [0.1, 0.15) is 13.8 Å². The molecule has 0 aliphatic rings. The van der Waals surface area contributed by atoms with E-state index in [1.807, 2.05) is 13.8 Å². The first-order chi connectivity index (χ1) is 13.1. The minimum atomic E-state index is -1.58. The maximum Gasteiger partial charge on any atom is 0.259 e. The fraction of sp³-hybridized carbons (Fsp3) is 0.250. The number of carbonyl (C=O) groups is 1. The molecule has 27 heavy (non-hydrogen) atoms. The van der Waals surface area contributed by atoms with E-state index >= 15 is 0 Å². The zero-order valence-corrected chi connectivity index (χ0v) is 17.0. The average Bonchev–Trinajstić information content (AvgIpc) is 3.27. The minimum Gasteiger partial charge on any atom is -0.363 e. The number of anilines is 1. The Labute approximate surface area is 168 Å². The van der Waals surface area contributed by atoms with Gasteiger partial charge in [0, 0.05) is 28.7 Å². The molecule has 1 atom stereocenters. The Morgan fingerprint density at radius 2 is 2.19 bits per heavy atom. The van der Waals surface area contributed by atoms with Gasteiger partial charge in [0.25, 0.3) is 5.88 Å². The van der Waals surface area contributed by atoms with E-state index in [2.05, 4.69) is 20.1 Å². The number of nitrogens with zero attached hydrogens (tertiary/aromatic N) is 2. The van der Waals surface area contributed by atoms with E-state index in [9.17, 15) is 9.00 Å². The first-order valence-electron chi connectivity index (χ1n) is 8.10. The van der Waals surface area contributed by atoms with Gasteiger partial charge in [-0.1, -0.05) is 31.5 Å². The molecule has 2 aromatic heterocycles. The van der Waals surface area contributed by atoms with Gasteiger partial charge in [-0.2, -0.15) is 5.10 Å². The van der Waals surface area contributed by atoms with Crippen molar-refractivity contribution in [2.45, 2.75) is 25.3 Å². The van der Waals surface area contributed by atoms with Crippen LogP contribution in [0.5, 0.6) is 5.88 Å². The van der Waals surface area contributed by atoms with Crippen molar-refractivity contribution in [1.82, 2.24) is 20.1 Å². The Morgan fingerprint density at radius 3 is 2.89 bits per heavy atom. The number of nitrogens with one attached hydrogen (secondary N) is 3. The topological polar surface area (TPSA) is 101 Å². The molecule has 0 fully saturated rings. The number of halogens is 2. The molecule has 0 saturated heterocycles. The van der Waals surface area contributed by atoms with Crippen LogP contribution in [0.15, 0.2) is 35.5 Å². The van der Waals surface area contributed by atoms with Crippen molar-refractivity contribution in [3.05, 3.63) is 35.6 Å². The van der Waals surface area contributed by atoms with E-state index in [1.165, 1.54) is 10.9 Å². The van der Waals surface area contributed by atoms with Gasteiger partial charge in [0.15, 0.2) is 11.0 Å². The fourth-order valence-electron chi connectivity index (χ4n) is 2.29. The van der Waals surface area contributed by atoms with Crippen LogP contribution in [-0.2, 0) is 22.3 Å². The summed E-state index contributed by atoms with van der Waals surface area (Å²) in [6, 6.07) is 5.27. The number of aromatic nitrogens is 3. The highest BCUT2D eigenvalue weighted by Gasteiger charge is 2.17. The van der Waals surface area contributed by atoms with E-state index in [0.717, 1.165) is 10.9 Å². The monoisotopic (exact) mass is 431 g/mol. The molecule has 3 aromatic rings. The van der Waals surface area contributed by atoms with Crippen LogP contribution in [0.4, 0.5) is 5.69 Å². The third kappa shape index (κ3) is 4.94. The molecule has 2 heterocycles. The highest BCUT2D eigenvalue weighted by Crippen LogP contribution is 2.29. The Morgan fingerprint density at radius 1 is 1.41 bits per heavy atom. The summed E-state index contributed by atoms with van der Waals surface area (Å²) < 4.78 is 21.7. The van der Waals surface area contributed by atoms with Crippen LogP contribution >= 0.6 is 23.5 Å². The van der Waals surface area contributed by atoms with Gasteiger partial charge >= 0.3 is 0 Å². The zero-order chi connectivity index (χ0) is 19.8. The molecule has 0 radical (unpaired) electrons. The molecule has 0 saturated carbocycles. The highest BCUT2D eigenvalue weighted by molar-refractivity contribution is 7.86. The van der Waals surface area contributed by atoms with Gasteiger partial charge in [-0.25, -0.2) is 8.89 Å². The van der Waals surface area contributed by atoms with Gasteiger partial charge < -0.3 is 14.6 Å². The van der Waals surface area contributed by atoms with Crippen molar-refractivity contribution in [3.63, 3.8) is 0 Å². The van der Waals surface area contributed by atoms with E-state index in [4.69, 9.17) is 27.8 Å². The summed E-state index contributed by atoms with van der Waals surface area (Å²) >= 11 is 11.5. The summed E-state index contributed by atoms with van der Waals surface area (Å²) in [5.74, 6) is 0.200. The molecule has 1 amide bonds. The lowest BCUT2D eigenvalue weighted by Gasteiger charge is -2.07. The second-order valence-corrected chi connectivity index (χ2v) is 6.72. The lowest BCUT2D eigenvalue weighted by molar-refractivity contribution is -0.109. The van der Waals surface area contributed by atoms with Crippen molar-refractivity contribution in [1.29, 1.82) is 0 Å². The van der Waals surface area contributed by atoms with Crippen LogP contribution in [0, 0.1) is 0 Å². The molecule has 0 aliphatic heterocycles. The molecule has 1 unspecified atom stereocenters. The lowest BCUT2D eigenvalue weighted by atomic mass is 10.2. The standard InChI is InChI=1S/C14H13Cl2N5O3S.C2H6/c15-9-1-2-10-11(5-9)18-7-13(10)25(23)20-12-6-19-21(14(12)24-16)4-3-17-8-22;1-2/h1-2,5-8,18,20H,3-4H2,(H,17,22);1-2H3. The number of rotatable bonds is 8. The number of benzene rings is 1. The Bertz CT molecular complexity index is 928. The number of amides is 1. The molecule has 1 aromatic carbocycles. The Kier molecular flexibility index (Phi) is 7.96. The maximum absolute atomic E-state index is 12.7. The Balaban J connectivity index is 0.00000126. The smallest absolute Gasteiger partial charge is 0.259 e. The quantitative estimate of drug-likeness (QED) is 0.375. The molecule has 8 nitrogen and oxygen atoms in total. The predicted octanol–water partition coefficient (Wildman–Crippen LogP) is 3.46.